The highest BCUT2D eigenvalue weighted by Gasteiger charge is 2.10. The van der Waals surface area contributed by atoms with E-state index in [1.807, 2.05) is 37.3 Å². The van der Waals surface area contributed by atoms with Crippen LogP contribution in [0.2, 0.25) is 0 Å². The van der Waals surface area contributed by atoms with Gasteiger partial charge in [-0.25, -0.2) is 0 Å². The molecule has 22 heavy (non-hydrogen) atoms. The summed E-state index contributed by atoms with van der Waals surface area (Å²) in [5.41, 5.74) is 4.18. The van der Waals surface area contributed by atoms with Crippen LogP contribution in [-0.2, 0) is 6.54 Å². The van der Waals surface area contributed by atoms with Crippen LogP contribution in [0.15, 0.2) is 48.5 Å². The molecule has 1 aromatic heterocycles. The van der Waals surface area contributed by atoms with E-state index in [2.05, 4.69) is 10.3 Å². The molecule has 0 aliphatic heterocycles. The van der Waals surface area contributed by atoms with E-state index in [-0.39, 0.29) is 5.91 Å². The van der Waals surface area contributed by atoms with E-state index < -0.39 is 0 Å². The zero-order valence-electron chi connectivity index (χ0n) is 12.2. The number of aromatic nitrogens is 1. The molecule has 3 rings (SSSR count). The number of carbonyl (C=O) groups excluding carboxylic acids is 1. The van der Waals surface area contributed by atoms with Crippen LogP contribution in [0.4, 0.5) is 0 Å². The Morgan fingerprint density at radius 2 is 2.05 bits per heavy atom. The van der Waals surface area contributed by atoms with Gasteiger partial charge in [0.15, 0.2) is 0 Å². The molecule has 0 radical (unpaired) electrons. The van der Waals surface area contributed by atoms with Gasteiger partial charge in [-0.05, 0) is 36.8 Å². The summed E-state index contributed by atoms with van der Waals surface area (Å²) in [4.78, 5) is 15.5. The van der Waals surface area contributed by atoms with Crippen molar-refractivity contribution in [1.29, 1.82) is 5.26 Å². The van der Waals surface area contributed by atoms with Crippen LogP contribution in [0.1, 0.15) is 27.2 Å². The first-order valence-electron chi connectivity index (χ1n) is 7.03. The molecule has 1 amide bonds. The van der Waals surface area contributed by atoms with Gasteiger partial charge < -0.3 is 10.3 Å². The van der Waals surface area contributed by atoms with Gasteiger partial charge in [0.2, 0.25) is 0 Å². The van der Waals surface area contributed by atoms with E-state index in [1.54, 1.807) is 24.3 Å². The Balaban J connectivity index is 1.80. The summed E-state index contributed by atoms with van der Waals surface area (Å²) < 4.78 is 0. The Morgan fingerprint density at radius 1 is 1.23 bits per heavy atom. The normalized spacial score (nSPS) is 10.4. The van der Waals surface area contributed by atoms with Gasteiger partial charge in [0.25, 0.3) is 5.91 Å². The molecule has 0 fully saturated rings. The zero-order valence-corrected chi connectivity index (χ0v) is 12.2. The first kappa shape index (κ1) is 13.9. The molecule has 2 aromatic carbocycles. The Hall–Kier alpha value is -3.06. The van der Waals surface area contributed by atoms with Crippen molar-refractivity contribution in [2.45, 2.75) is 13.5 Å². The molecule has 4 heteroatoms. The maximum Gasteiger partial charge on any atom is 0.251 e. The molecule has 0 aliphatic rings. The van der Waals surface area contributed by atoms with E-state index in [0.717, 1.165) is 22.2 Å². The Bertz CT molecular complexity index is 887. The molecule has 0 atom stereocenters. The molecule has 3 aromatic rings. The average Bonchev–Trinajstić information content (AvgIpc) is 2.88. The second-order valence-electron chi connectivity index (χ2n) is 5.15. The quantitative estimate of drug-likeness (QED) is 0.777. The second-order valence-corrected chi connectivity index (χ2v) is 5.15. The van der Waals surface area contributed by atoms with Crippen LogP contribution in [-0.4, -0.2) is 10.9 Å². The smallest absolute Gasteiger partial charge is 0.251 e. The number of hydrogen-bond donors (Lipinski definition) is 2. The third kappa shape index (κ3) is 2.57. The van der Waals surface area contributed by atoms with Crippen LogP contribution in [0.3, 0.4) is 0 Å². The third-order valence-electron chi connectivity index (χ3n) is 3.71. The lowest BCUT2D eigenvalue weighted by Gasteiger charge is -2.06. The molecular formula is C18H15N3O. The number of para-hydroxylation sites is 1. The number of amides is 1. The van der Waals surface area contributed by atoms with Crippen molar-refractivity contribution >= 4 is 16.8 Å². The van der Waals surface area contributed by atoms with Crippen molar-refractivity contribution in [2.75, 3.05) is 0 Å². The summed E-state index contributed by atoms with van der Waals surface area (Å²) in [6.07, 6.45) is 0. The first-order chi connectivity index (χ1) is 10.7. The number of aryl methyl sites for hydroxylation is 1. The minimum atomic E-state index is -0.179. The number of aromatic amines is 1. The third-order valence-corrected chi connectivity index (χ3v) is 3.71. The van der Waals surface area contributed by atoms with Crippen LogP contribution in [0, 0.1) is 18.3 Å². The van der Waals surface area contributed by atoms with Crippen molar-refractivity contribution < 1.29 is 4.79 Å². The van der Waals surface area contributed by atoms with E-state index in [4.69, 9.17) is 5.26 Å². The molecule has 0 spiro atoms. The highest BCUT2D eigenvalue weighted by atomic mass is 16.1. The molecule has 1 heterocycles. The predicted octanol–water partition coefficient (Wildman–Crippen LogP) is 3.28. The number of H-pyrrole nitrogens is 1. The number of rotatable bonds is 3. The molecular weight excluding hydrogens is 274 g/mol. The number of nitrogens with zero attached hydrogens (tertiary/aromatic N) is 1. The van der Waals surface area contributed by atoms with Gasteiger partial charge in [0.05, 0.1) is 11.6 Å². The highest BCUT2D eigenvalue weighted by molar-refractivity contribution is 5.95. The maximum absolute atomic E-state index is 12.2. The molecule has 2 N–H and O–H groups in total. The minimum Gasteiger partial charge on any atom is -0.358 e. The van der Waals surface area contributed by atoms with Crippen molar-refractivity contribution in [2.24, 2.45) is 0 Å². The summed E-state index contributed by atoms with van der Waals surface area (Å²) in [6, 6.07) is 16.8. The Morgan fingerprint density at radius 3 is 2.86 bits per heavy atom. The fourth-order valence-corrected chi connectivity index (χ4v) is 2.56. The summed E-state index contributed by atoms with van der Waals surface area (Å²) in [5.74, 6) is -0.179. The van der Waals surface area contributed by atoms with Crippen LogP contribution in [0.25, 0.3) is 10.9 Å². The van der Waals surface area contributed by atoms with E-state index >= 15 is 0 Å². The molecule has 0 unspecified atom stereocenters. The first-order valence-corrected chi connectivity index (χ1v) is 7.03. The monoisotopic (exact) mass is 289 g/mol. The summed E-state index contributed by atoms with van der Waals surface area (Å²) in [6.45, 7) is 2.45. The molecule has 108 valence electrons. The van der Waals surface area contributed by atoms with Gasteiger partial charge in [-0.1, -0.05) is 24.3 Å². The summed E-state index contributed by atoms with van der Waals surface area (Å²) >= 11 is 0. The molecule has 0 saturated carbocycles. The van der Waals surface area contributed by atoms with Crippen molar-refractivity contribution in [3.05, 3.63) is 70.9 Å². The molecule has 0 saturated heterocycles. The average molecular weight is 289 g/mol. The molecule has 4 nitrogen and oxygen atoms in total. The van der Waals surface area contributed by atoms with Crippen LogP contribution in [0.5, 0.6) is 0 Å². The number of fused-ring (bicyclic) bond motifs is 1. The fourth-order valence-electron chi connectivity index (χ4n) is 2.56. The maximum atomic E-state index is 12.2. The van der Waals surface area contributed by atoms with Crippen LogP contribution >= 0.6 is 0 Å². The van der Waals surface area contributed by atoms with Gasteiger partial charge in [0, 0.05) is 28.7 Å². The Labute approximate surface area is 128 Å². The minimum absolute atomic E-state index is 0.179. The van der Waals surface area contributed by atoms with Crippen molar-refractivity contribution in [1.82, 2.24) is 10.3 Å². The topological polar surface area (TPSA) is 68.7 Å². The highest BCUT2D eigenvalue weighted by Crippen LogP contribution is 2.21. The second kappa shape index (κ2) is 5.74. The van der Waals surface area contributed by atoms with Gasteiger partial charge in [-0.15, -0.1) is 0 Å². The van der Waals surface area contributed by atoms with Crippen molar-refractivity contribution in [3.8, 4) is 6.07 Å². The lowest BCUT2D eigenvalue weighted by molar-refractivity contribution is 0.0951. The standard InChI is InChI=1S/C18H15N3O/c1-12-16(15-7-2-3-8-17(15)21-12)11-20-18(22)14-6-4-5-13(9-14)10-19/h2-9,21H,11H2,1H3,(H,20,22). The summed E-state index contributed by atoms with van der Waals surface area (Å²) in [7, 11) is 0. The SMILES string of the molecule is Cc1[nH]c2ccccc2c1CNC(=O)c1cccc(C#N)c1. The van der Waals surface area contributed by atoms with E-state index in [9.17, 15) is 4.79 Å². The number of carbonyl (C=O) groups is 1. The van der Waals surface area contributed by atoms with Crippen LogP contribution < -0.4 is 5.32 Å². The predicted molar refractivity (Wildman–Crippen MR) is 85.4 cm³/mol. The lowest BCUT2D eigenvalue weighted by Crippen LogP contribution is -2.23. The van der Waals surface area contributed by atoms with Crippen molar-refractivity contribution in [3.63, 3.8) is 0 Å². The Kier molecular flexibility index (Phi) is 3.63. The van der Waals surface area contributed by atoms with Gasteiger partial charge in [0.1, 0.15) is 0 Å². The number of nitrogens with one attached hydrogen (secondary N) is 2. The number of benzene rings is 2. The van der Waals surface area contributed by atoms with Gasteiger partial charge >= 0.3 is 0 Å². The van der Waals surface area contributed by atoms with E-state index in [0.29, 0.717) is 17.7 Å². The fraction of sp³-hybridized carbons (Fsp3) is 0.111. The number of nitriles is 1. The zero-order chi connectivity index (χ0) is 15.5. The number of hydrogen-bond acceptors (Lipinski definition) is 2. The molecule has 0 aliphatic carbocycles. The summed E-state index contributed by atoms with van der Waals surface area (Å²) in [5, 5.41) is 12.9. The van der Waals surface area contributed by atoms with E-state index in [1.165, 1.54) is 0 Å². The molecule has 0 bridgehead atoms. The largest absolute Gasteiger partial charge is 0.358 e. The van der Waals surface area contributed by atoms with Gasteiger partial charge in [-0.2, -0.15) is 5.26 Å². The lowest BCUT2D eigenvalue weighted by atomic mass is 10.1. The van der Waals surface area contributed by atoms with Gasteiger partial charge in [-0.3, -0.25) is 4.79 Å².